The molecule has 682 valence electrons. The maximum atomic E-state index is 12.3. The molecule has 0 spiro atoms. The van der Waals surface area contributed by atoms with Gasteiger partial charge in [-0.25, -0.2) is 0 Å². The number of nitriles is 1. The first-order valence-corrected chi connectivity index (χ1v) is 44.7. The number of hydrogen-bond acceptors (Lipinski definition) is 13. The summed E-state index contributed by atoms with van der Waals surface area (Å²) in [6.45, 7) is 15.2. The molecule has 0 bridgehead atoms. The third-order valence-corrected chi connectivity index (χ3v) is 23.0. The summed E-state index contributed by atoms with van der Waals surface area (Å²) in [5, 5.41) is 48.7. The van der Waals surface area contributed by atoms with Crippen LogP contribution < -0.4 is 10.6 Å². The molecule has 1 amide bonds. The Balaban J connectivity index is 0.000000263. The number of esters is 2. The summed E-state index contributed by atoms with van der Waals surface area (Å²) in [5.74, 6) is -2.93. The molecule has 0 radical (unpaired) electrons. The minimum atomic E-state index is -0.863. The molecule has 0 saturated heterocycles. The standard InChI is InChI=1S/C19H17ClN2O.C19H19ClN2.C10H10ClN.2C10H11ClO2.C10H13ClO.2C9H9ClO2.C8H7ClO2/c1-13(16-7-3-4-8-17(16)20)10-19(23)22-15-11-14-6-2-5-9-18(14)21-12-15;1-14(17-7-3-4-8-18(17)20)10-11-21-16-12-15-6-2-5-9-19(15)22-13-16;1-8(6-7-12)9-4-2-3-5-10(9)11;1-7(10(12)13-2)8-5-3-4-6-9(8)11;1-7(6-10(12)13)8-4-2-3-5-9(8)11;1-8(7-12-2)9-5-3-4-6-10(9)11;1-12-9(11)6-7-4-2-3-5-8(7)10;1-6(9(11)12)7-4-2-3-5-8(7)10;9-7-4-2-1-3-6(7)5-8(10)11/h2-9,11-13H,10H2,1H3,(H,22,23);2-9,12-14,21H,10-11H2,1H3;2-5,8H,6H2,1H3;3-7H,1-2H3;2-5,7H,6H2,1H3,(H,12,13);3-6,8H,7H2,1-2H3;2-5H,6H2,1H3;2-6H,1H3,(H,11,12);1-4H,5H2,(H,10,11). The molecule has 11 aromatic carbocycles. The zero-order valence-corrected chi connectivity index (χ0v) is 80.5. The van der Waals surface area contributed by atoms with E-state index in [2.05, 4.69) is 68.2 Å². The van der Waals surface area contributed by atoms with Gasteiger partial charge in [-0.15, -0.1) is 0 Å². The van der Waals surface area contributed by atoms with Crippen LogP contribution in [0.15, 0.2) is 291 Å². The van der Waals surface area contributed by atoms with Gasteiger partial charge < -0.3 is 40.2 Å². The number of amides is 1. The SMILES string of the molecule is CC(C(=O)O)c1ccccc1Cl.CC(CC#N)c1ccccc1Cl.CC(CC(=O)Nc1cnc2ccccc2c1)c1ccccc1Cl.CC(CC(=O)O)c1ccccc1Cl.CC(CCNc1cnc2ccccc2c1)c1ccccc1Cl.COC(=O)C(C)c1ccccc1Cl.COC(=O)Cc1ccccc1Cl.COCC(C)c1ccccc1Cl.O=C(O)Cc1ccccc1Cl. The van der Waals surface area contributed by atoms with Crippen molar-refractivity contribution in [2.45, 2.75) is 128 Å². The predicted molar refractivity (Wildman–Crippen MR) is 533 cm³/mol. The fourth-order valence-corrected chi connectivity index (χ4v) is 15.2. The zero-order chi connectivity index (χ0) is 95.6. The molecule has 2 heterocycles. The number of hydrogen-bond donors (Lipinski definition) is 5. The van der Waals surface area contributed by atoms with Crippen molar-refractivity contribution in [2.24, 2.45) is 0 Å². The van der Waals surface area contributed by atoms with Gasteiger partial charge in [-0.05, 0) is 173 Å². The largest absolute Gasteiger partial charge is 0.481 e. The van der Waals surface area contributed by atoms with Gasteiger partial charge in [0, 0.05) is 88.4 Å². The molecule has 17 nitrogen and oxygen atoms in total. The number of fused-ring (bicyclic) bond motifs is 2. The van der Waals surface area contributed by atoms with Crippen LogP contribution in [-0.2, 0) is 55.8 Å². The van der Waals surface area contributed by atoms with Crippen LogP contribution >= 0.6 is 104 Å². The first kappa shape index (κ1) is 109. The van der Waals surface area contributed by atoms with Gasteiger partial charge in [-0.1, -0.05) is 339 Å². The lowest BCUT2D eigenvalue weighted by Gasteiger charge is -2.14. The Hall–Kier alpha value is -11.1. The zero-order valence-electron chi connectivity index (χ0n) is 73.7. The van der Waals surface area contributed by atoms with Gasteiger partial charge in [0.1, 0.15) is 0 Å². The normalized spacial score (nSPS) is 11.8. The lowest BCUT2D eigenvalue weighted by molar-refractivity contribution is -0.142. The second kappa shape index (κ2) is 60.0. The van der Waals surface area contributed by atoms with E-state index in [9.17, 15) is 28.8 Å². The third-order valence-electron chi connectivity index (χ3n) is 19.8. The van der Waals surface area contributed by atoms with Crippen molar-refractivity contribution >= 4 is 173 Å². The number of aromatic nitrogens is 2. The van der Waals surface area contributed by atoms with Crippen molar-refractivity contribution < 1.29 is 58.3 Å². The van der Waals surface area contributed by atoms with E-state index in [0.717, 1.165) is 88.9 Å². The Labute approximate surface area is 806 Å². The number of benzene rings is 11. The summed E-state index contributed by atoms with van der Waals surface area (Å²) in [6, 6.07) is 89.1. The van der Waals surface area contributed by atoms with Crippen LogP contribution in [0, 0.1) is 11.3 Å². The van der Waals surface area contributed by atoms with Crippen molar-refractivity contribution in [3.8, 4) is 6.07 Å². The van der Waals surface area contributed by atoms with Crippen LogP contribution in [-0.4, -0.2) is 95.5 Å². The molecule has 0 aliphatic rings. The van der Waals surface area contributed by atoms with E-state index in [-0.39, 0.29) is 60.8 Å². The number of para-hydroxylation sites is 2. The van der Waals surface area contributed by atoms with Gasteiger partial charge >= 0.3 is 29.8 Å². The molecule has 13 rings (SSSR count). The summed E-state index contributed by atoms with van der Waals surface area (Å²) in [6.07, 6.45) is 5.82. The van der Waals surface area contributed by atoms with Crippen molar-refractivity contribution in [1.82, 2.24) is 9.97 Å². The Morgan fingerprint density at radius 3 is 1.09 bits per heavy atom. The Kier molecular flexibility index (Phi) is 50.5. The van der Waals surface area contributed by atoms with Gasteiger partial charge in [0.05, 0.1) is 92.8 Å². The number of halogens is 9. The van der Waals surface area contributed by atoms with Crippen molar-refractivity contribution in [1.29, 1.82) is 5.26 Å². The molecule has 0 aliphatic heterocycles. The highest BCUT2D eigenvalue weighted by Crippen LogP contribution is 2.33. The van der Waals surface area contributed by atoms with Crippen molar-refractivity contribution in [3.63, 3.8) is 0 Å². The van der Waals surface area contributed by atoms with E-state index in [0.29, 0.717) is 78.2 Å². The number of carboxylic acids is 3. The number of pyridine rings is 2. The van der Waals surface area contributed by atoms with E-state index in [4.69, 9.17) is 130 Å². The minimum Gasteiger partial charge on any atom is -0.481 e. The van der Waals surface area contributed by atoms with Crippen LogP contribution in [0.5, 0.6) is 0 Å². The molecule has 7 atom stereocenters. The molecular weight excluding hydrogens is 1830 g/mol. The molecule has 130 heavy (non-hydrogen) atoms. The first-order chi connectivity index (χ1) is 62.2. The molecule has 26 heteroatoms. The second-order valence-corrected chi connectivity index (χ2v) is 33.3. The Morgan fingerprint density at radius 2 is 0.715 bits per heavy atom. The van der Waals surface area contributed by atoms with E-state index in [1.165, 1.54) is 19.8 Å². The topological polar surface area (TPSA) is 264 Å². The molecule has 5 N–H and O–H groups in total. The van der Waals surface area contributed by atoms with E-state index < -0.39 is 23.8 Å². The maximum absolute atomic E-state index is 12.3. The summed E-state index contributed by atoms with van der Waals surface area (Å²) >= 11 is 53.5. The molecule has 0 aliphatic carbocycles. The van der Waals surface area contributed by atoms with Crippen LogP contribution in [0.3, 0.4) is 0 Å². The summed E-state index contributed by atoms with van der Waals surface area (Å²) < 4.78 is 14.2. The first-order valence-electron chi connectivity index (χ1n) is 41.3. The fraction of sp³-hybridized carbons (Fsp3) is 0.240. The number of ether oxygens (including phenoxy) is 3. The molecule has 0 saturated carbocycles. The van der Waals surface area contributed by atoms with E-state index in [1.807, 2.05) is 215 Å². The van der Waals surface area contributed by atoms with Gasteiger partial charge in [-0.2, -0.15) is 5.26 Å². The van der Waals surface area contributed by atoms with Crippen molar-refractivity contribution in [2.75, 3.05) is 45.1 Å². The number of nitrogens with zero attached hydrogens (tertiary/aromatic N) is 3. The maximum Gasteiger partial charge on any atom is 0.312 e. The number of nitrogens with one attached hydrogen (secondary N) is 2. The van der Waals surface area contributed by atoms with Crippen molar-refractivity contribution in [3.05, 3.63) is 387 Å². The summed E-state index contributed by atoms with van der Waals surface area (Å²) in [5.41, 5.74) is 11.9. The van der Waals surface area contributed by atoms with Crippen LogP contribution in [0.1, 0.15) is 166 Å². The molecule has 13 aromatic rings. The molecule has 0 fully saturated rings. The van der Waals surface area contributed by atoms with Crippen LogP contribution in [0.4, 0.5) is 11.4 Å². The minimum absolute atomic E-state index is 0.0142. The molecule has 2 aromatic heterocycles. The van der Waals surface area contributed by atoms with E-state index in [1.54, 1.807) is 100.0 Å². The summed E-state index contributed by atoms with van der Waals surface area (Å²) in [4.78, 5) is 74.4. The third kappa shape index (κ3) is 39.3. The highest BCUT2D eigenvalue weighted by Gasteiger charge is 2.20. The number of methoxy groups -OCH3 is 3. The number of carboxylic acid groups (broad SMARTS) is 3. The van der Waals surface area contributed by atoms with Gasteiger partial charge in [-0.3, -0.25) is 38.7 Å². The number of anilines is 2. The lowest BCUT2D eigenvalue weighted by atomic mass is 9.97. The Morgan fingerprint density at radius 1 is 0.377 bits per heavy atom. The molecule has 7 unspecified atom stereocenters. The highest BCUT2D eigenvalue weighted by molar-refractivity contribution is 6.34. The van der Waals surface area contributed by atoms with E-state index >= 15 is 0 Å². The Bertz CT molecular complexity index is 5780. The van der Waals surface area contributed by atoms with Crippen LogP contribution in [0.25, 0.3) is 21.8 Å². The number of rotatable bonds is 25. The highest BCUT2D eigenvalue weighted by atomic mass is 35.5. The number of carbonyl (C=O) groups is 6. The van der Waals surface area contributed by atoms with Crippen LogP contribution in [0.2, 0.25) is 45.2 Å². The average molecular weight is 1940 g/mol. The number of aliphatic carboxylic acids is 3. The van der Waals surface area contributed by atoms with Gasteiger partial charge in [0.25, 0.3) is 0 Å². The van der Waals surface area contributed by atoms with Gasteiger partial charge in [0.15, 0.2) is 0 Å². The fourth-order valence-electron chi connectivity index (χ4n) is 12.6. The monoisotopic (exact) mass is 1930 g/mol. The van der Waals surface area contributed by atoms with Gasteiger partial charge in [0.2, 0.25) is 5.91 Å². The second-order valence-electron chi connectivity index (χ2n) is 29.7. The average Bonchev–Trinajstić information content (AvgIpc) is 0.846. The summed E-state index contributed by atoms with van der Waals surface area (Å²) in [7, 11) is 4.43. The molecular formula is C104H106Cl9N5O12. The quantitative estimate of drug-likeness (QED) is 0.0333. The predicted octanol–water partition coefficient (Wildman–Crippen LogP) is 29.0. The smallest absolute Gasteiger partial charge is 0.312 e. The lowest BCUT2D eigenvalue weighted by Crippen LogP contribution is -2.14. The number of carbonyl (C=O) groups excluding carboxylic acids is 3.